The number of carbonyl (C=O) groups excluding carboxylic acids is 2. The van der Waals surface area contributed by atoms with Gasteiger partial charge in [-0.3, -0.25) is 4.79 Å². The van der Waals surface area contributed by atoms with Crippen molar-refractivity contribution in [3.8, 4) is 0 Å². The van der Waals surface area contributed by atoms with Crippen LogP contribution in [0.25, 0.3) is 0 Å². The summed E-state index contributed by atoms with van der Waals surface area (Å²) in [5.41, 5.74) is 2.32. The number of carbonyl (C=O) groups is 2. The lowest BCUT2D eigenvalue weighted by Gasteiger charge is -2.33. The molecule has 1 saturated heterocycles. The van der Waals surface area contributed by atoms with Crippen molar-refractivity contribution < 1.29 is 14.3 Å². The maximum Gasteiger partial charge on any atom is 0.319 e. The molecule has 0 aromatic heterocycles. The number of urea groups is 1. The second kappa shape index (κ2) is 8.55. The molecule has 0 spiro atoms. The van der Waals surface area contributed by atoms with Crippen LogP contribution in [-0.4, -0.2) is 31.7 Å². The number of rotatable bonds is 7. The summed E-state index contributed by atoms with van der Waals surface area (Å²) in [7, 11) is 0. The van der Waals surface area contributed by atoms with Crippen molar-refractivity contribution in [3.05, 3.63) is 42.1 Å². The van der Waals surface area contributed by atoms with Crippen LogP contribution in [0.4, 0.5) is 10.5 Å². The quantitative estimate of drug-likeness (QED) is 0.746. The van der Waals surface area contributed by atoms with Gasteiger partial charge in [0.15, 0.2) is 0 Å². The Morgan fingerprint density at radius 1 is 1.20 bits per heavy atom. The van der Waals surface area contributed by atoms with Gasteiger partial charge in [-0.05, 0) is 38.0 Å². The average Bonchev–Trinajstić information content (AvgIpc) is 2.60. The van der Waals surface area contributed by atoms with Gasteiger partial charge >= 0.3 is 12.0 Å². The van der Waals surface area contributed by atoms with Gasteiger partial charge in [-0.25, -0.2) is 4.79 Å². The molecule has 0 saturated carbocycles. The van der Waals surface area contributed by atoms with Crippen molar-refractivity contribution in [2.75, 3.05) is 24.6 Å². The second-order valence-electron chi connectivity index (χ2n) is 6.01. The number of hydrogen-bond donors (Lipinski definition) is 2. The fraction of sp³-hybridized carbons (Fsp3) is 0.474. The highest BCUT2D eigenvalue weighted by Crippen LogP contribution is 2.31. The number of esters is 1. The second-order valence-corrected chi connectivity index (χ2v) is 6.01. The van der Waals surface area contributed by atoms with Gasteiger partial charge in [0, 0.05) is 24.5 Å². The number of nitrogens with one attached hydrogen (secondary N) is 2. The highest BCUT2D eigenvalue weighted by molar-refractivity contribution is 5.85. The van der Waals surface area contributed by atoms with Crippen molar-refractivity contribution in [1.29, 1.82) is 0 Å². The highest BCUT2D eigenvalue weighted by Gasteiger charge is 2.38. The van der Waals surface area contributed by atoms with E-state index in [2.05, 4.69) is 36.0 Å². The molecule has 1 fully saturated rings. The Bertz CT molecular complexity index is 623. The third-order valence-corrected chi connectivity index (χ3v) is 4.35. The normalized spacial score (nSPS) is 19.8. The Balaban J connectivity index is 2.27. The summed E-state index contributed by atoms with van der Waals surface area (Å²) < 4.78 is 5.29. The largest absolute Gasteiger partial charge is 0.465 e. The number of ether oxygens (including phenoxy) is 1. The zero-order valence-corrected chi connectivity index (χ0v) is 15.2. The summed E-state index contributed by atoms with van der Waals surface area (Å²) in [5, 5.41) is 5.40. The number of amides is 2. The van der Waals surface area contributed by atoms with Gasteiger partial charge in [0.2, 0.25) is 0 Å². The van der Waals surface area contributed by atoms with E-state index in [1.807, 2.05) is 31.2 Å². The predicted octanol–water partition coefficient (Wildman–Crippen LogP) is 2.97. The van der Waals surface area contributed by atoms with Crippen LogP contribution in [0, 0.1) is 5.92 Å². The Morgan fingerprint density at radius 3 is 2.40 bits per heavy atom. The molecule has 1 heterocycles. The average molecular weight is 345 g/mol. The van der Waals surface area contributed by atoms with Crippen LogP contribution in [0.15, 0.2) is 36.5 Å². The van der Waals surface area contributed by atoms with Gasteiger partial charge in [0.25, 0.3) is 0 Å². The molecule has 1 aliphatic heterocycles. The number of benzene rings is 1. The van der Waals surface area contributed by atoms with E-state index in [4.69, 9.17) is 4.74 Å². The summed E-state index contributed by atoms with van der Waals surface area (Å²) in [5.74, 6) is -1.03. The third-order valence-electron chi connectivity index (χ3n) is 4.35. The van der Waals surface area contributed by atoms with E-state index in [0.717, 1.165) is 30.8 Å². The molecule has 25 heavy (non-hydrogen) atoms. The molecule has 2 rings (SSSR count). The third kappa shape index (κ3) is 4.32. The fourth-order valence-corrected chi connectivity index (χ4v) is 3.01. The molecule has 2 amide bonds. The highest BCUT2D eigenvalue weighted by atomic mass is 16.5. The molecule has 6 heteroatoms. The number of nitrogens with zero attached hydrogens (tertiary/aromatic N) is 1. The molecule has 1 aromatic carbocycles. The minimum absolute atomic E-state index is 0.351. The maximum atomic E-state index is 12.4. The first-order chi connectivity index (χ1) is 12.0. The molecule has 136 valence electrons. The smallest absolute Gasteiger partial charge is 0.319 e. The van der Waals surface area contributed by atoms with E-state index in [1.165, 1.54) is 0 Å². The first-order valence-corrected chi connectivity index (χ1v) is 8.79. The van der Waals surface area contributed by atoms with Gasteiger partial charge in [0.05, 0.1) is 12.6 Å². The monoisotopic (exact) mass is 345 g/mol. The Labute approximate surface area is 149 Å². The topological polar surface area (TPSA) is 70.7 Å². The molecular weight excluding hydrogens is 318 g/mol. The lowest BCUT2D eigenvalue weighted by molar-refractivity contribution is -0.148. The van der Waals surface area contributed by atoms with Crippen LogP contribution in [0.1, 0.15) is 38.8 Å². The molecule has 2 atom stereocenters. The van der Waals surface area contributed by atoms with E-state index in [-0.39, 0.29) is 12.0 Å². The van der Waals surface area contributed by atoms with Gasteiger partial charge in [-0.1, -0.05) is 25.6 Å². The molecule has 1 aliphatic rings. The molecule has 0 unspecified atom stereocenters. The SMILES string of the molecule is C=C1NC(=O)N[C@H](c2ccc(N(CC)CC)cc2)[C@H]1C(=O)OCCC. The van der Waals surface area contributed by atoms with Gasteiger partial charge in [0.1, 0.15) is 5.92 Å². The van der Waals surface area contributed by atoms with Gasteiger partial charge in [-0.15, -0.1) is 0 Å². The standard InChI is InChI=1S/C19H27N3O3/c1-5-12-25-18(23)16-13(4)20-19(24)21-17(16)14-8-10-15(11-9-14)22(6-2)7-3/h8-11,16-17H,4-7,12H2,1-3H3,(H2,20,21,24)/t16-,17+/m0/s1. The molecule has 2 N–H and O–H groups in total. The molecule has 1 aromatic rings. The van der Waals surface area contributed by atoms with Crippen LogP contribution in [0.3, 0.4) is 0 Å². The van der Waals surface area contributed by atoms with Crippen molar-refractivity contribution in [3.63, 3.8) is 0 Å². The van der Waals surface area contributed by atoms with Crippen LogP contribution in [-0.2, 0) is 9.53 Å². The molecule has 0 radical (unpaired) electrons. The number of hydrogen-bond acceptors (Lipinski definition) is 4. The van der Waals surface area contributed by atoms with Crippen LogP contribution < -0.4 is 15.5 Å². The fourth-order valence-electron chi connectivity index (χ4n) is 3.01. The summed E-state index contributed by atoms with van der Waals surface area (Å²) in [4.78, 5) is 26.5. The Morgan fingerprint density at radius 2 is 1.84 bits per heavy atom. The molecule has 6 nitrogen and oxygen atoms in total. The van der Waals surface area contributed by atoms with E-state index < -0.39 is 12.0 Å². The number of anilines is 1. The zero-order chi connectivity index (χ0) is 18.4. The van der Waals surface area contributed by atoms with Gasteiger partial charge < -0.3 is 20.3 Å². The minimum Gasteiger partial charge on any atom is -0.465 e. The minimum atomic E-state index is -0.649. The molecular formula is C19H27N3O3. The van der Waals surface area contributed by atoms with Crippen molar-refractivity contribution >= 4 is 17.7 Å². The lowest BCUT2D eigenvalue weighted by atomic mass is 9.89. The van der Waals surface area contributed by atoms with E-state index >= 15 is 0 Å². The predicted molar refractivity (Wildman–Crippen MR) is 98.3 cm³/mol. The Hall–Kier alpha value is -2.50. The Kier molecular flexibility index (Phi) is 6.44. The van der Waals surface area contributed by atoms with Crippen LogP contribution >= 0.6 is 0 Å². The summed E-state index contributed by atoms with van der Waals surface area (Å²) in [6.45, 7) is 12.2. The lowest BCUT2D eigenvalue weighted by Crippen LogP contribution is -2.51. The zero-order valence-electron chi connectivity index (χ0n) is 15.2. The van der Waals surface area contributed by atoms with Gasteiger partial charge in [-0.2, -0.15) is 0 Å². The van der Waals surface area contributed by atoms with Crippen molar-refractivity contribution in [2.24, 2.45) is 5.92 Å². The summed E-state index contributed by atoms with van der Waals surface area (Å²) in [6.07, 6.45) is 0.744. The van der Waals surface area contributed by atoms with Crippen LogP contribution in [0.5, 0.6) is 0 Å². The van der Waals surface area contributed by atoms with E-state index in [0.29, 0.717) is 12.3 Å². The first-order valence-electron chi connectivity index (χ1n) is 8.79. The van der Waals surface area contributed by atoms with Crippen molar-refractivity contribution in [2.45, 2.75) is 33.2 Å². The van der Waals surface area contributed by atoms with Crippen molar-refractivity contribution in [1.82, 2.24) is 10.6 Å². The first kappa shape index (κ1) is 18.8. The summed E-state index contributed by atoms with van der Waals surface area (Å²) in [6, 6.07) is 7.05. The molecule has 0 aliphatic carbocycles. The van der Waals surface area contributed by atoms with E-state index in [1.54, 1.807) is 0 Å². The van der Waals surface area contributed by atoms with E-state index in [9.17, 15) is 9.59 Å². The maximum absolute atomic E-state index is 12.4. The summed E-state index contributed by atoms with van der Waals surface area (Å²) >= 11 is 0. The molecule has 0 bridgehead atoms. The van der Waals surface area contributed by atoms with Crippen LogP contribution in [0.2, 0.25) is 0 Å².